The van der Waals surface area contributed by atoms with Gasteiger partial charge >= 0.3 is 0 Å². The summed E-state index contributed by atoms with van der Waals surface area (Å²) in [5, 5.41) is 0. The van der Waals surface area contributed by atoms with Crippen LogP contribution in [0.25, 0.3) is 0 Å². The van der Waals surface area contributed by atoms with Crippen LogP contribution in [0.1, 0.15) is 222 Å². The molecule has 0 aliphatic heterocycles. The first-order valence-corrected chi connectivity index (χ1v) is 22.0. The summed E-state index contributed by atoms with van der Waals surface area (Å²) in [7, 11) is 0. The minimum Gasteiger partial charge on any atom is -0.106 e. The second-order valence-corrected chi connectivity index (χ2v) is 15.2. The van der Waals surface area contributed by atoms with E-state index in [0.29, 0.717) is 0 Å². The summed E-state index contributed by atoms with van der Waals surface area (Å²) in [6, 6.07) is 18.0. The molecule has 1 radical (unpaired) electrons. The molecule has 2 aromatic carbocycles. The fraction of sp³-hybridized carbons (Fsp3) is 0.635. The molecule has 0 heterocycles. The van der Waals surface area contributed by atoms with Gasteiger partial charge in [-0.05, 0) is 55.4 Å². The van der Waals surface area contributed by atoms with E-state index >= 15 is 0 Å². The molecule has 0 N–H and O–H groups in total. The van der Waals surface area contributed by atoms with Crippen molar-refractivity contribution in [2.24, 2.45) is 0 Å². The van der Waals surface area contributed by atoms with Crippen molar-refractivity contribution in [3.8, 4) is 35.5 Å². The standard InChI is InChI=1S/C52H77/c1-5-9-13-14-15-16-17-18-19-20-21-22-23-24-25-26-27-28-29-30-31-32-40-50(52-42-34-38-48(46-52)36-11-7-3)44-43-49(39-12-8-4)51-41-33-37-47(45-51)35-10-6-2/h12,33-34,37-38,41-42,45-46,49-50H,5,8-9,13-32,35-36,39-40H2,1-4H3. The van der Waals surface area contributed by atoms with Gasteiger partial charge in [0.1, 0.15) is 0 Å². The lowest BCUT2D eigenvalue weighted by Crippen LogP contribution is -2.01. The highest BCUT2D eigenvalue weighted by Gasteiger charge is 2.13. The van der Waals surface area contributed by atoms with E-state index in [1.807, 2.05) is 13.8 Å². The highest BCUT2D eigenvalue weighted by Crippen LogP contribution is 2.27. The van der Waals surface area contributed by atoms with E-state index in [1.165, 1.54) is 164 Å². The van der Waals surface area contributed by atoms with Crippen LogP contribution in [0.2, 0.25) is 0 Å². The summed E-state index contributed by atoms with van der Waals surface area (Å²) in [4.78, 5) is 0. The second-order valence-electron chi connectivity index (χ2n) is 15.2. The molecule has 2 unspecified atom stereocenters. The number of hydrogen-bond acceptors (Lipinski definition) is 0. The van der Waals surface area contributed by atoms with Crippen LogP contribution in [0.5, 0.6) is 0 Å². The molecular formula is C52H77. The maximum atomic E-state index is 3.82. The molecule has 0 aliphatic carbocycles. The van der Waals surface area contributed by atoms with Crippen LogP contribution in [0.3, 0.4) is 0 Å². The normalized spacial score (nSPS) is 11.8. The molecule has 0 heteroatoms. The van der Waals surface area contributed by atoms with E-state index < -0.39 is 0 Å². The Morgan fingerprint density at radius 1 is 0.481 bits per heavy atom. The van der Waals surface area contributed by atoms with Crippen molar-refractivity contribution in [3.63, 3.8) is 0 Å². The van der Waals surface area contributed by atoms with Crippen LogP contribution in [0.4, 0.5) is 0 Å². The van der Waals surface area contributed by atoms with E-state index in [2.05, 4.69) is 104 Å². The summed E-state index contributed by atoms with van der Waals surface area (Å²) in [5.41, 5.74) is 5.26. The molecule has 0 amide bonds. The van der Waals surface area contributed by atoms with E-state index in [1.54, 1.807) is 0 Å². The van der Waals surface area contributed by atoms with Gasteiger partial charge in [0.15, 0.2) is 0 Å². The molecule has 52 heavy (non-hydrogen) atoms. The van der Waals surface area contributed by atoms with Crippen LogP contribution in [0.15, 0.2) is 48.5 Å². The Labute approximate surface area is 324 Å². The van der Waals surface area contributed by atoms with Gasteiger partial charge < -0.3 is 0 Å². The summed E-state index contributed by atoms with van der Waals surface area (Å²) >= 11 is 0. The highest BCUT2D eigenvalue weighted by atomic mass is 14.2. The van der Waals surface area contributed by atoms with Crippen molar-refractivity contribution in [1.29, 1.82) is 0 Å². The lowest BCUT2D eigenvalue weighted by Gasteiger charge is -2.15. The van der Waals surface area contributed by atoms with Crippen LogP contribution in [-0.2, 0) is 12.8 Å². The molecule has 0 saturated carbocycles. The first-order valence-electron chi connectivity index (χ1n) is 22.0. The maximum absolute atomic E-state index is 3.82. The monoisotopic (exact) mass is 702 g/mol. The molecule has 0 fully saturated rings. The highest BCUT2D eigenvalue weighted by molar-refractivity contribution is 5.38. The first-order chi connectivity index (χ1) is 25.7. The molecule has 2 aromatic rings. The third kappa shape index (κ3) is 22.9. The molecule has 0 spiro atoms. The summed E-state index contributed by atoms with van der Waals surface area (Å²) in [5.74, 6) is 20.7. The molecule has 0 saturated heterocycles. The fourth-order valence-electron chi connectivity index (χ4n) is 7.31. The van der Waals surface area contributed by atoms with Gasteiger partial charge in [0.05, 0.1) is 0 Å². The summed E-state index contributed by atoms with van der Waals surface area (Å²) in [6.45, 7) is 8.38. The first kappa shape index (κ1) is 45.3. The van der Waals surface area contributed by atoms with Gasteiger partial charge in [-0.1, -0.05) is 234 Å². The molecular weight excluding hydrogens is 625 g/mol. The molecule has 2 rings (SSSR count). The summed E-state index contributed by atoms with van der Waals surface area (Å²) < 4.78 is 0. The minimum absolute atomic E-state index is 0.218. The average Bonchev–Trinajstić information content (AvgIpc) is 3.17. The van der Waals surface area contributed by atoms with Crippen molar-refractivity contribution < 1.29 is 0 Å². The van der Waals surface area contributed by atoms with Crippen LogP contribution in [-0.4, -0.2) is 0 Å². The van der Waals surface area contributed by atoms with Gasteiger partial charge in [-0.2, -0.15) is 0 Å². The van der Waals surface area contributed by atoms with Gasteiger partial charge in [0, 0.05) is 24.7 Å². The maximum Gasteiger partial charge on any atom is 0.0455 e. The van der Waals surface area contributed by atoms with Crippen molar-refractivity contribution in [2.45, 2.75) is 213 Å². The molecule has 0 aromatic heterocycles. The lowest BCUT2D eigenvalue weighted by atomic mass is 9.88. The third-order valence-electron chi connectivity index (χ3n) is 10.6. The van der Waals surface area contributed by atoms with Gasteiger partial charge in [0.25, 0.3) is 0 Å². The Bertz CT molecular complexity index is 1330. The van der Waals surface area contributed by atoms with Crippen molar-refractivity contribution >= 4 is 0 Å². The predicted octanol–water partition coefficient (Wildman–Crippen LogP) is 15.7. The van der Waals surface area contributed by atoms with E-state index in [0.717, 1.165) is 32.1 Å². The zero-order valence-electron chi connectivity index (χ0n) is 34.4. The van der Waals surface area contributed by atoms with Gasteiger partial charge in [-0.15, -0.1) is 11.8 Å². The van der Waals surface area contributed by atoms with Crippen molar-refractivity contribution in [3.05, 3.63) is 77.2 Å². The Hall–Kier alpha value is -2.88. The smallest absolute Gasteiger partial charge is 0.0455 e. The zero-order chi connectivity index (χ0) is 37.2. The van der Waals surface area contributed by atoms with E-state index in [9.17, 15) is 0 Å². The van der Waals surface area contributed by atoms with Gasteiger partial charge in [0.2, 0.25) is 0 Å². The molecule has 2 atom stereocenters. The number of rotatable bonds is 30. The molecule has 0 nitrogen and oxygen atoms in total. The fourth-order valence-corrected chi connectivity index (χ4v) is 7.31. The van der Waals surface area contributed by atoms with Gasteiger partial charge in [-0.25, -0.2) is 0 Å². The Morgan fingerprint density at radius 2 is 0.865 bits per heavy atom. The Kier molecular flexibility index (Phi) is 28.5. The minimum atomic E-state index is 0.218. The lowest BCUT2D eigenvalue weighted by molar-refractivity contribution is 0.517. The predicted molar refractivity (Wildman–Crippen MR) is 232 cm³/mol. The number of benzene rings is 2. The third-order valence-corrected chi connectivity index (χ3v) is 10.6. The van der Waals surface area contributed by atoms with E-state index in [4.69, 9.17) is 0 Å². The molecule has 285 valence electrons. The van der Waals surface area contributed by atoms with Crippen LogP contribution in [0, 0.1) is 41.9 Å². The van der Waals surface area contributed by atoms with Gasteiger partial charge in [-0.3, -0.25) is 0 Å². The largest absolute Gasteiger partial charge is 0.106 e. The zero-order valence-corrected chi connectivity index (χ0v) is 34.4. The van der Waals surface area contributed by atoms with Crippen molar-refractivity contribution in [1.82, 2.24) is 0 Å². The molecule has 0 aliphatic rings. The SMILES string of the molecule is CC#CCc1cccc(C(C#CC(CCCCCCCCCCCCCCCCCCCCCCCC)c2cccc(CC#CC)c2)C[CH]CC)c1. The van der Waals surface area contributed by atoms with Crippen LogP contribution < -0.4 is 0 Å². The topological polar surface area (TPSA) is 0 Å². The number of hydrogen-bond donors (Lipinski definition) is 0. The average molecular weight is 702 g/mol. The van der Waals surface area contributed by atoms with Crippen LogP contribution >= 0.6 is 0 Å². The molecule has 0 bridgehead atoms. The Morgan fingerprint density at radius 3 is 1.27 bits per heavy atom. The van der Waals surface area contributed by atoms with Crippen molar-refractivity contribution in [2.75, 3.05) is 0 Å². The van der Waals surface area contributed by atoms with E-state index in [-0.39, 0.29) is 11.8 Å². The second kappa shape index (κ2) is 32.7. The quantitative estimate of drug-likeness (QED) is 0.0562. The number of unbranched alkanes of at least 4 members (excludes halogenated alkanes) is 22. The summed E-state index contributed by atoms with van der Waals surface area (Å²) in [6.07, 6.45) is 38.5. The Balaban J connectivity index is 1.72.